The number of hydrogen-bond acceptors (Lipinski definition) is 7. The van der Waals surface area contributed by atoms with Crippen LogP contribution >= 0.6 is 11.8 Å². The van der Waals surface area contributed by atoms with Crippen molar-refractivity contribution in [3.05, 3.63) is 24.3 Å². The summed E-state index contributed by atoms with van der Waals surface area (Å²) in [4.78, 5) is 46.5. The van der Waals surface area contributed by atoms with E-state index < -0.39 is 39.0 Å². The molecule has 134 valence electrons. The summed E-state index contributed by atoms with van der Waals surface area (Å²) in [5.41, 5.74) is 5.29. The second-order valence-electron chi connectivity index (χ2n) is 5.03. The number of imide groups is 3. The number of sulfonamides is 1. The molecule has 1 aliphatic rings. The average molecular weight is 386 g/mol. The number of primary sulfonamides is 1. The van der Waals surface area contributed by atoms with Crippen LogP contribution in [0.3, 0.4) is 0 Å². The van der Waals surface area contributed by atoms with E-state index in [1.165, 1.54) is 24.3 Å². The van der Waals surface area contributed by atoms with Crippen LogP contribution in [0.5, 0.6) is 0 Å². The Balaban J connectivity index is 1.90. The van der Waals surface area contributed by atoms with Gasteiger partial charge in [-0.15, -0.1) is 11.8 Å². The molecule has 1 aromatic carbocycles. The lowest BCUT2D eigenvalue weighted by Crippen LogP contribution is -2.41. The highest BCUT2D eigenvalue weighted by Crippen LogP contribution is 2.25. The maximum atomic E-state index is 11.9. The number of nitrogens with one attached hydrogen (secondary N) is 1. The molecule has 0 aromatic heterocycles. The number of thioether (sulfide) groups is 1. The van der Waals surface area contributed by atoms with E-state index in [4.69, 9.17) is 10.9 Å². The molecule has 0 spiro atoms. The maximum absolute atomic E-state index is 11.9. The number of primary amides is 1. The summed E-state index contributed by atoms with van der Waals surface area (Å²) in [7, 11) is -3.82. The van der Waals surface area contributed by atoms with Gasteiger partial charge in [-0.2, -0.15) is 4.90 Å². The third-order valence-electron chi connectivity index (χ3n) is 3.21. The summed E-state index contributed by atoms with van der Waals surface area (Å²) in [6.45, 7) is 0. The first kappa shape index (κ1) is 18.9. The average Bonchev–Trinajstić information content (AvgIpc) is 2.79. The first-order valence-electron chi connectivity index (χ1n) is 6.80. The summed E-state index contributed by atoms with van der Waals surface area (Å²) in [5, 5.41) is 6.62. The smallest absolute Gasteiger partial charge is 0.328 e. The Morgan fingerprint density at radius 2 is 1.84 bits per heavy atom. The SMILES string of the molecule is NC(=O)N1C(=O)CC(SCC(=O)Nc2ccc(S(N)(=O)=O)cc2)C1=O. The topological polar surface area (TPSA) is 170 Å². The molecule has 25 heavy (non-hydrogen) atoms. The second kappa shape index (κ2) is 7.21. The normalized spacial score (nSPS) is 17.6. The number of anilines is 1. The molecular weight excluding hydrogens is 372 g/mol. The van der Waals surface area contributed by atoms with Gasteiger partial charge in [-0.1, -0.05) is 0 Å². The Morgan fingerprint density at radius 3 is 2.32 bits per heavy atom. The molecule has 0 radical (unpaired) electrons. The number of nitrogens with zero attached hydrogens (tertiary/aromatic N) is 1. The first-order chi connectivity index (χ1) is 11.6. The fraction of sp³-hybridized carbons (Fsp3) is 0.231. The van der Waals surface area contributed by atoms with Crippen LogP contribution in [-0.4, -0.2) is 48.1 Å². The zero-order chi connectivity index (χ0) is 18.8. The molecule has 1 fully saturated rings. The lowest BCUT2D eigenvalue weighted by atomic mass is 10.3. The number of carbonyl (C=O) groups excluding carboxylic acids is 4. The molecule has 1 unspecified atom stereocenters. The number of hydrogen-bond donors (Lipinski definition) is 3. The predicted molar refractivity (Wildman–Crippen MR) is 88.7 cm³/mol. The van der Waals surface area contributed by atoms with E-state index in [1.54, 1.807) is 0 Å². The Morgan fingerprint density at radius 1 is 1.24 bits per heavy atom. The molecule has 0 bridgehead atoms. The van der Waals surface area contributed by atoms with Gasteiger partial charge in [0.15, 0.2) is 0 Å². The predicted octanol–water partition coefficient (Wildman–Crippen LogP) is -0.788. The summed E-state index contributed by atoms with van der Waals surface area (Å²) in [6, 6.07) is 4.06. The van der Waals surface area contributed by atoms with Crippen molar-refractivity contribution >= 4 is 51.2 Å². The van der Waals surface area contributed by atoms with Gasteiger partial charge in [0.25, 0.3) is 5.91 Å². The first-order valence-corrected chi connectivity index (χ1v) is 9.39. The number of urea groups is 1. The van der Waals surface area contributed by atoms with Crippen molar-refractivity contribution in [2.45, 2.75) is 16.6 Å². The van der Waals surface area contributed by atoms with E-state index in [0.29, 0.717) is 10.6 Å². The van der Waals surface area contributed by atoms with Crippen LogP contribution in [0.2, 0.25) is 0 Å². The number of rotatable bonds is 5. The number of carbonyl (C=O) groups is 4. The van der Waals surface area contributed by atoms with E-state index in [0.717, 1.165) is 11.8 Å². The van der Waals surface area contributed by atoms with Gasteiger partial charge < -0.3 is 11.1 Å². The Labute approximate surface area is 146 Å². The molecule has 1 saturated heterocycles. The van der Waals surface area contributed by atoms with Crippen molar-refractivity contribution in [2.75, 3.05) is 11.1 Å². The van der Waals surface area contributed by atoms with E-state index in [2.05, 4.69) is 5.32 Å². The van der Waals surface area contributed by atoms with Gasteiger partial charge in [-0.25, -0.2) is 18.4 Å². The molecule has 0 aliphatic carbocycles. The Bertz CT molecular complexity index is 837. The summed E-state index contributed by atoms with van der Waals surface area (Å²) >= 11 is 0.904. The van der Waals surface area contributed by atoms with E-state index in [1.807, 2.05) is 0 Å². The molecular formula is C13H14N4O6S2. The molecule has 10 nitrogen and oxygen atoms in total. The minimum atomic E-state index is -3.82. The summed E-state index contributed by atoms with van der Waals surface area (Å²) in [5.74, 6) is -2.05. The van der Waals surface area contributed by atoms with Gasteiger partial charge >= 0.3 is 6.03 Å². The molecule has 12 heteroatoms. The van der Waals surface area contributed by atoms with Crippen molar-refractivity contribution in [1.29, 1.82) is 0 Å². The quantitative estimate of drug-likeness (QED) is 0.557. The van der Waals surface area contributed by atoms with Crippen LogP contribution < -0.4 is 16.2 Å². The molecule has 5 amide bonds. The van der Waals surface area contributed by atoms with Crippen LogP contribution in [-0.2, 0) is 24.4 Å². The van der Waals surface area contributed by atoms with Crippen molar-refractivity contribution < 1.29 is 27.6 Å². The Kier molecular flexibility index (Phi) is 5.45. The van der Waals surface area contributed by atoms with Crippen LogP contribution in [0.4, 0.5) is 10.5 Å². The standard InChI is InChI=1S/C13H14N4O6S2/c14-13(21)17-11(19)5-9(12(17)20)24-6-10(18)16-7-1-3-8(4-2-7)25(15,22)23/h1-4,9H,5-6H2,(H2,14,21)(H,16,18)(H2,15,22,23). The highest BCUT2D eigenvalue weighted by atomic mass is 32.2. The van der Waals surface area contributed by atoms with Crippen LogP contribution in [0, 0.1) is 0 Å². The third kappa shape index (κ3) is 4.55. The lowest BCUT2D eigenvalue weighted by Gasteiger charge is -2.10. The highest BCUT2D eigenvalue weighted by molar-refractivity contribution is 8.01. The lowest BCUT2D eigenvalue weighted by molar-refractivity contribution is -0.134. The molecule has 1 heterocycles. The minimum absolute atomic E-state index is 0.0959. The molecule has 2 rings (SSSR count). The van der Waals surface area contributed by atoms with Crippen molar-refractivity contribution in [2.24, 2.45) is 10.9 Å². The molecule has 1 aromatic rings. The number of amides is 5. The van der Waals surface area contributed by atoms with Crippen molar-refractivity contribution in [3.8, 4) is 0 Å². The summed E-state index contributed by atoms with van der Waals surface area (Å²) < 4.78 is 22.3. The number of likely N-dealkylation sites (tertiary alicyclic amines) is 1. The fourth-order valence-electron chi connectivity index (χ4n) is 2.07. The molecule has 1 aliphatic heterocycles. The van der Waals surface area contributed by atoms with Gasteiger partial charge in [0.2, 0.25) is 21.8 Å². The van der Waals surface area contributed by atoms with Gasteiger partial charge in [0.1, 0.15) is 0 Å². The van der Waals surface area contributed by atoms with Gasteiger partial charge in [-0.05, 0) is 24.3 Å². The van der Waals surface area contributed by atoms with Gasteiger partial charge in [0.05, 0.1) is 15.9 Å². The maximum Gasteiger partial charge on any atom is 0.328 e. The van der Waals surface area contributed by atoms with E-state index >= 15 is 0 Å². The van der Waals surface area contributed by atoms with Crippen LogP contribution in [0.15, 0.2) is 29.2 Å². The largest absolute Gasteiger partial charge is 0.351 e. The van der Waals surface area contributed by atoms with Gasteiger partial charge in [-0.3, -0.25) is 14.4 Å². The second-order valence-corrected chi connectivity index (χ2v) is 7.78. The zero-order valence-electron chi connectivity index (χ0n) is 12.7. The third-order valence-corrected chi connectivity index (χ3v) is 5.34. The van der Waals surface area contributed by atoms with Gasteiger partial charge in [0, 0.05) is 12.1 Å². The van der Waals surface area contributed by atoms with E-state index in [-0.39, 0.29) is 17.1 Å². The van der Waals surface area contributed by atoms with Crippen molar-refractivity contribution in [3.63, 3.8) is 0 Å². The summed E-state index contributed by atoms with van der Waals surface area (Å²) in [6.07, 6.45) is -0.206. The fourth-order valence-corrected chi connectivity index (χ4v) is 3.52. The van der Waals surface area contributed by atoms with Crippen LogP contribution in [0.25, 0.3) is 0 Å². The number of benzene rings is 1. The van der Waals surface area contributed by atoms with E-state index in [9.17, 15) is 27.6 Å². The minimum Gasteiger partial charge on any atom is -0.351 e. The molecule has 0 saturated carbocycles. The van der Waals surface area contributed by atoms with Crippen molar-refractivity contribution in [1.82, 2.24) is 4.90 Å². The molecule has 1 atom stereocenters. The Hall–Kier alpha value is -2.44. The molecule has 5 N–H and O–H groups in total. The van der Waals surface area contributed by atoms with Crippen LogP contribution in [0.1, 0.15) is 6.42 Å². The number of nitrogens with two attached hydrogens (primary N) is 2. The zero-order valence-corrected chi connectivity index (χ0v) is 14.3. The highest BCUT2D eigenvalue weighted by Gasteiger charge is 2.42. The monoisotopic (exact) mass is 386 g/mol.